The van der Waals surface area contributed by atoms with E-state index in [-0.39, 0.29) is 0 Å². The Labute approximate surface area is 60.0 Å². The Balaban J connectivity index is 3.80. The molecule has 0 bridgehead atoms. The molecule has 5 nitrogen and oxygen atoms in total. The first-order valence-corrected chi connectivity index (χ1v) is 3.66. The Morgan fingerprint density at radius 1 is 1.50 bits per heavy atom. The van der Waals surface area contributed by atoms with Gasteiger partial charge >= 0.3 is 0 Å². The van der Waals surface area contributed by atoms with Gasteiger partial charge < -0.3 is 0 Å². The monoisotopic (exact) mass is 170 g/mol. The van der Waals surface area contributed by atoms with Gasteiger partial charge in [-0.15, -0.1) is 0 Å². The fourth-order valence-electron chi connectivity index (χ4n) is 0.226. The normalized spacial score (nSPS) is 14.9. The summed E-state index contributed by atoms with van der Waals surface area (Å²) in [4.78, 5) is 10.3. The van der Waals surface area contributed by atoms with Gasteiger partial charge in [0.2, 0.25) is 0 Å². The van der Waals surface area contributed by atoms with E-state index in [0.29, 0.717) is 0 Å². The van der Waals surface area contributed by atoms with E-state index in [0.717, 1.165) is 6.92 Å². The quantitative estimate of drug-likeness (QED) is 0.447. The van der Waals surface area contributed by atoms with E-state index in [2.05, 4.69) is 4.29 Å². The van der Waals surface area contributed by atoms with Crippen molar-refractivity contribution in [2.24, 2.45) is 0 Å². The maximum absolute atomic E-state index is 10.3. The molecule has 0 rings (SSSR count). The third-order valence-electron chi connectivity index (χ3n) is 0.815. The number of carbonyl (C=O) groups excluding carboxylic acids is 1. The number of Topliss-reactive ketones (excluding diaryl/α,β-unsaturated/α-hetero) is 1. The molecule has 1 unspecified atom stereocenters. The molecule has 0 aromatic rings. The topological polar surface area (TPSA) is 95.5 Å². The summed E-state index contributed by atoms with van der Waals surface area (Å²) < 4.78 is 33.1. The van der Waals surface area contributed by atoms with Crippen molar-refractivity contribution in [3.63, 3.8) is 0 Å². The predicted octanol–water partition coefficient (Wildman–Crippen LogP) is -3.12. The Morgan fingerprint density at radius 3 is 2.00 bits per heavy atom. The maximum atomic E-state index is 10.3. The van der Waals surface area contributed by atoms with E-state index in [4.69, 9.17) is 0 Å². The first kappa shape index (κ1) is 9.80. The average Bonchev–Trinajstić information content (AvgIpc) is 1.60. The van der Waals surface area contributed by atoms with Crippen LogP contribution in [0.2, 0.25) is 0 Å². The summed E-state index contributed by atoms with van der Waals surface area (Å²) in [6.45, 7) is 2.32. The zero-order chi connectivity index (χ0) is 8.36. The van der Waals surface area contributed by atoms with Crippen molar-refractivity contribution in [1.29, 1.82) is 0 Å². The fourth-order valence-corrected chi connectivity index (χ4v) is 0.679. The Morgan fingerprint density at radius 2 is 1.90 bits per heavy atom. The fraction of sp³-hybridized carbons (Fsp3) is 0.750. The molecule has 0 aromatic heterocycles. The second-order valence-corrected chi connectivity index (χ2v) is 2.65. The van der Waals surface area contributed by atoms with E-state index in [1.165, 1.54) is 6.92 Å². The van der Waals surface area contributed by atoms with Crippen LogP contribution in [0.5, 0.6) is 0 Å². The van der Waals surface area contributed by atoms with Crippen LogP contribution in [0.3, 0.4) is 0 Å². The van der Waals surface area contributed by atoms with Crippen molar-refractivity contribution in [3.8, 4) is 0 Å². The van der Waals surface area contributed by atoms with Gasteiger partial charge in [0, 0.05) is 0 Å². The first-order valence-electron chi connectivity index (χ1n) is 2.42. The molecule has 0 saturated carbocycles. The van der Waals surface area contributed by atoms with Crippen molar-refractivity contribution in [3.05, 3.63) is 0 Å². The molecule has 0 aliphatic carbocycles. The molecule has 0 aromatic carbocycles. The number of rotatable bonds is 3. The minimum absolute atomic E-state index is 0.507. The lowest BCUT2D eigenvalue weighted by molar-refractivity contribution is -1.92. The molecule has 0 aliphatic rings. The van der Waals surface area contributed by atoms with Gasteiger partial charge in [-0.25, -0.2) is 0 Å². The summed E-state index contributed by atoms with van der Waals surface area (Å²) >= 11 is 0. The molecular weight excluding hydrogens is 163 g/mol. The molecule has 0 fully saturated rings. The highest BCUT2D eigenvalue weighted by molar-refractivity contribution is 5.79. The summed E-state index contributed by atoms with van der Waals surface area (Å²) in [5, 5.41) is 0. The maximum Gasteiger partial charge on any atom is 0.268 e. The Bertz CT molecular complexity index is 128. The van der Waals surface area contributed by atoms with E-state index in [1.807, 2.05) is 0 Å². The lowest BCUT2D eigenvalue weighted by atomic mass is 10.3. The summed E-state index contributed by atoms with van der Waals surface area (Å²) in [5.41, 5.74) is 0. The number of ketones is 1. The molecule has 1 atom stereocenters. The summed E-state index contributed by atoms with van der Waals surface area (Å²) in [6.07, 6.45) is -1.19. The standard InChI is InChI=1S/C4H7ClO5/c1-3(6)4(2)10-5(7,8)9/h4H,1-2H3. The molecule has 10 heavy (non-hydrogen) atoms. The zero-order valence-corrected chi connectivity index (χ0v) is 6.25. The molecule has 0 amide bonds. The molecule has 0 spiro atoms. The zero-order valence-electron chi connectivity index (χ0n) is 5.50. The van der Waals surface area contributed by atoms with Gasteiger partial charge in [0.05, 0.1) is 14.5 Å². The van der Waals surface area contributed by atoms with Crippen LogP contribution < -0.4 is 14.0 Å². The van der Waals surface area contributed by atoms with Crippen LogP contribution in [-0.4, -0.2) is 11.9 Å². The van der Waals surface area contributed by atoms with Gasteiger partial charge in [-0.05, 0) is 13.8 Å². The summed E-state index contributed by atoms with van der Waals surface area (Å²) in [6, 6.07) is 0. The molecule has 0 radical (unpaired) electrons. The van der Waals surface area contributed by atoms with Crippen LogP contribution in [0, 0.1) is 10.2 Å². The second-order valence-electron chi connectivity index (χ2n) is 1.72. The number of halogens is 1. The second kappa shape index (κ2) is 3.27. The highest BCUT2D eigenvalue weighted by Gasteiger charge is 2.27. The van der Waals surface area contributed by atoms with Gasteiger partial charge in [0.15, 0.2) is 5.78 Å². The molecule has 6 heteroatoms. The largest absolute Gasteiger partial charge is 0.296 e. The molecule has 0 saturated heterocycles. The molecule has 0 N–H and O–H groups in total. The van der Waals surface area contributed by atoms with E-state index >= 15 is 0 Å². The van der Waals surface area contributed by atoms with Crippen LogP contribution in [0.1, 0.15) is 13.8 Å². The molecule has 0 aliphatic heterocycles. The van der Waals surface area contributed by atoms with Gasteiger partial charge in [-0.3, -0.25) is 4.79 Å². The molecule has 0 heterocycles. The van der Waals surface area contributed by atoms with Crippen LogP contribution in [-0.2, 0) is 9.08 Å². The van der Waals surface area contributed by atoms with E-state index in [1.54, 1.807) is 0 Å². The predicted molar refractivity (Wildman–Crippen MR) is 21.2 cm³/mol. The highest BCUT2D eigenvalue weighted by Crippen LogP contribution is 1.97. The minimum atomic E-state index is -4.48. The summed E-state index contributed by atoms with van der Waals surface area (Å²) in [7, 11) is -4.48. The SMILES string of the molecule is CC(=O)C(C)O[Cl+3]([O-])([O-])[O-]. The van der Waals surface area contributed by atoms with Crippen LogP contribution in [0.15, 0.2) is 0 Å². The van der Waals surface area contributed by atoms with Crippen molar-refractivity contribution in [2.45, 2.75) is 20.0 Å². The van der Waals surface area contributed by atoms with Gasteiger partial charge in [0.25, 0.3) is 6.10 Å². The lowest BCUT2D eigenvalue weighted by Gasteiger charge is -2.14. The first-order chi connectivity index (χ1) is 4.33. The van der Waals surface area contributed by atoms with Gasteiger partial charge in [-0.1, -0.05) is 0 Å². The van der Waals surface area contributed by atoms with Crippen LogP contribution >= 0.6 is 0 Å². The van der Waals surface area contributed by atoms with Crippen molar-refractivity contribution in [2.75, 3.05) is 0 Å². The van der Waals surface area contributed by atoms with Crippen molar-refractivity contribution >= 4 is 5.78 Å². The number of hydrogen-bond acceptors (Lipinski definition) is 5. The van der Waals surface area contributed by atoms with Crippen molar-refractivity contribution < 1.29 is 33.3 Å². The van der Waals surface area contributed by atoms with E-state index in [9.17, 15) is 18.8 Å². The van der Waals surface area contributed by atoms with Crippen LogP contribution in [0.25, 0.3) is 0 Å². The number of hydrogen-bond donors (Lipinski definition) is 0. The highest BCUT2D eigenvalue weighted by atomic mass is 35.7. The van der Waals surface area contributed by atoms with Gasteiger partial charge in [-0.2, -0.15) is 14.0 Å². The van der Waals surface area contributed by atoms with E-state index < -0.39 is 22.1 Å². The molecule has 60 valence electrons. The van der Waals surface area contributed by atoms with Crippen molar-refractivity contribution in [1.82, 2.24) is 0 Å². The number of carbonyl (C=O) groups is 1. The minimum Gasteiger partial charge on any atom is -0.296 e. The van der Waals surface area contributed by atoms with Crippen LogP contribution in [0.4, 0.5) is 0 Å². The Kier molecular flexibility index (Phi) is 3.20. The Hall–Kier alpha value is -0.200. The third-order valence-corrected chi connectivity index (χ3v) is 1.30. The smallest absolute Gasteiger partial charge is 0.268 e. The van der Waals surface area contributed by atoms with Gasteiger partial charge in [0.1, 0.15) is 0 Å². The third kappa shape index (κ3) is 4.66. The average molecular weight is 171 g/mol. The molecular formula is C4H7ClO5. The lowest BCUT2D eigenvalue weighted by Crippen LogP contribution is -2.62. The summed E-state index contributed by atoms with van der Waals surface area (Å²) in [5.74, 6) is -0.507.